The minimum atomic E-state index is -3.71. The maximum atomic E-state index is 10.9. The predicted molar refractivity (Wildman–Crippen MR) is 46.9 cm³/mol. The Hall–Kier alpha value is -0.660. The van der Waals surface area contributed by atoms with Crippen molar-refractivity contribution in [1.29, 1.82) is 0 Å². The van der Waals surface area contributed by atoms with Crippen LogP contribution in [0.1, 0.15) is 6.92 Å². The van der Waals surface area contributed by atoms with Crippen LogP contribution in [0.3, 0.4) is 0 Å². The molecule has 0 heterocycles. The molecule has 2 N–H and O–H groups in total. The molecule has 0 rings (SSSR count). The first-order valence-corrected chi connectivity index (χ1v) is 5.11. The molecule has 13 heavy (non-hydrogen) atoms. The van der Waals surface area contributed by atoms with E-state index in [4.69, 9.17) is 5.14 Å². The molecule has 0 aliphatic carbocycles. The van der Waals surface area contributed by atoms with Crippen molar-refractivity contribution in [2.45, 2.75) is 6.92 Å². The van der Waals surface area contributed by atoms with Crippen LogP contribution in [0.4, 0.5) is 0 Å². The molecule has 0 aliphatic heterocycles. The molecule has 0 spiro atoms. The van der Waals surface area contributed by atoms with Gasteiger partial charge < -0.3 is 4.74 Å². The number of carbonyl (C=O) groups is 1. The Morgan fingerprint density at radius 3 is 2.38 bits per heavy atom. The van der Waals surface area contributed by atoms with Crippen LogP contribution >= 0.6 is 0 Å². The summed E-state index contributed by atoms with van der Waals surface area (Å²) in [5.74, 6) is -0.983. The van der Waals surface area contributed by atoms with E-state index in [0.717, 1.165) is 4.31 Å². The molecule has 0 amide bonds. The number of methoxy groups -OCH3 is 1. The van der Waals surface area contributed by atoms with Crippen LogP contribution in [0.5, 0.6) is 0 Å². The Balaban J connectivity index is 4.23. The molecule has 0 aromatic heterocycles. The molecule has 6 nitrogen and oxygen atoms in total. The summed E-state index contributed by atoms with van der Waals surface area (Å²) in [7, 11) is -1.17. The van der Waals surface area contributed by atoms with Crippen LogP contribution in [0.15, 0.2) is 0 Å². The van der Waals surface area contributed by atoms with Crippen molar-refractivity contribution >= 4 is 16.2 Å². The molecule has 0 radical (unpaired) electrons. The van der Waals surface area contributed by atoms with Gasteiger partial charge in [-0.1, -0.05) is 6.92 Å². The summed E-state index contributed by atoms with van der Waals surface area (Å²) in [5, 5.41) is 4.81. The Morgan fingerprint density at radius 1 is 1.62 bits per heavy atom. The van der Waals surface area contributed by atoms with E-state index in [1.807, 2.05) is 0 Å². The highest BCUT2D eigenvalue weighted by molar-refractivity contribution is 7.86. The number of hydrogen-bond donors (Lipinski definition) is 1. The van der Waals surface area contributed by atoms with Crippen molar-refractivity contribution in [2.24, 2.45) is 11.1 Å². The molecule has 0 aromatic rings. The van der Waals surface area contributed by atoms with E-state index in [0.29, 0.717) is 0 Å². The van der Waals surface area contributed by atoms with E-state index in [-0.39, 0.29) is 6.54 Å². The zero-order valence-corrected chi connectivity index (χ0v) is 8.67. The lowest BCUT2D eigenvalue weighted by Gasteiger charge is -2.16. The Labute approximate surface area is 77.8 Å². The summed E-state index contributed by atoms with van der Waals surface area (Å²) in [6, 6.07) is 0. The molecular weight excluding hydrogens is 196 g/mol. The fourth-order valence-electron chi connectivity index (χ4n) is 0.765. The van der Waals surface area contributed by atoms with Gasteiger partial charge in [0.25, 0.3) is 10.2 Å². The Morgan fingerprint density at radius 2 is 2.08 bits per heavy atom. The van der Waals surface area contributed by atoms with Gasteiger partial charge >= 0.3 is 5.97 Å². The largest absolute Gasteiger partial charge is 0.469 e. The zero-order valence-electron chi connectivity index (χ0n) is 7.85. The van der Waals surface area contributed by atoms with Gasteiger partial charge in [-0.2, -0.15) is 12.7 Å². The van der Waals surface area contributed by atoms with Crippen molar-refractivity contribution in [2.75, 3.05) is 20.7 Å². The number of nitrogens with two attached hydrogens (primary N) is 1. The van der Waals surface area contributed by atoms with Gasteiger partial charge in [-0.3, -0.25) is 4.79 Å². The molecular formula is C6H14N2O4S. The van der Waals surface area contributed by atoms with E-state index in [1.54, 1.807) is 6.92 Å². The van der Waals surface area contributed by atoms with Gasteiger partial charge in [0.2, 0.25) is 0 Å². The average molecular weight is 210 g/mol. The average Bonchev–Trinajstić information content (AvgIpc) is 2.01. The molecule has 7 heteroatoms. The van der Waals surface area contributed by atoms with Gasteiger partial charge in [-0.25, -0.2) is 5.14 Å². The van der Waals surface area contributed by atoms with Crippen LogP contribution in [0.2, 0.25) is 0 Å². The van der Waals surface area contributed by atoms with Crippen LogP contribution in [0, 0.1) is 5.92 Å². The summed E-state index contributed by atoms with van der Waals surface area (Å²) in [6.45, 7) is 1.58. The third-order valence-electron chi connectivity index (χ3n) is 1.57. The second kappa shape index (κ2) is 4.54. The maximum absolute atomic E-state index is 10.9. The third-order valence-corrected chi connectivity index (χ3v) is 2.59. The van der Waals surface area contributed by atoms with Crippen molar-refractivity contribution in [1.82, 2.24) is 4.31 Å². The summed E-state index contributed by atoms with van der Waals surface area (Å²) in [6.07, 6.45) is 0. The summed E-state index contributed by atoms with van der Waals surface area (Å²) in [5.41, 5.74) is 0. The number of carbonyl (C=O) groups excluding carboxylic acids is 1. The Kier molecular flexibility index (Phi) is 4.31. The molecule has 0 aromatic carbocycles. The standard InChI is InChI=1S/C6H14N2O4S/c1-5(6(9)12-3)4-8(2)13(7,10)11/h5H,4H2,1-3H3,(H2,7,10,11). The SMILES string of the molecule is COC(=O)C(C)CN(C)S(N)(=O)=O. The normalized spacial score (nSPS) is 14.2. The van der Waals surface area contributed by atoms with Crippen molar-refractivity contribution in [3.8, 4) is 0 Å². The van der Waals surface area contributed by atoms with Crippen LogP contribution < -0.4 is 5.14 Å². The van der Waals surface area contributed by atoms with Gasteiger partial charge in [0.05, 0.1) is 13.0 Å². The van der Waals surface area contributed by atoms with E-state index in [2.05, 4.69) is 4.74 Å². The van der Waals surface area contributed by atoms with E-state index in [1.165, 1.54) is 14.2 Å². The monoisotopic (exact) mass is 210 g/mol. The smallest absolute Gasteiger partial charge is 0.309 e. The lowest BCUT2D eigenvalue weighted by atomic mass is 10.2. The highest BCUT2D eigenvalue weighted by atomic mass is 32.2. The van der Waals surface area contributed by atoms with Crippen molar-refractivity contribution in [3.05, 3.63) is 0 Å². The zero-order chi connectivity index (χ0) is 10.6. The van der Waals surface area contributed by atoms with Gasteiger partial charge in [-0.05, 0) is 0 Å². The first kappa shape index (κ1) is 12.3. The highest BCUT2D eigenvalue weighted by Gasteiger charge is 2.20. The van der Waals surface area contributed by atoms with Crippen molar-refractivity contribution in [3.63, 3.8) is 0 Å². The second-order valence-corrected chi connectivity index (χ2v) is 4.40. The summed E-state index contributed by atoms with van der Waals surface area (Å²) in [4.78, 5) is 10.9. The van der Waals surface area contributed by atoms with Crippen LogP contribution in [-0.4, -0.2) is 39.4 Å². The summed E-state index contributed by atoms with van der Waals surface area (Å²) < 4.78 is 26.8. The molecule has 0 fully saturated rings. The lowest BCUT2D eigenvalue weighted by Crippen LogP contribution is -2.38. The fourth-order valence-corrected chi connectivity index (χ4v) is 1.20. The minimum absolute atomic E-state index is 0.0194. The van der Waals surface area contributed by atoms with Gasteiger partial charge in [-0.15, -0.1) is 0 Å². The van der Waals surface area contributed by atoms with Gasteiger partial charge in [0, 0.05) is 13.6 Å². The number of hydrogen-bond acceptors (Lipinski definition) is 4. The van der Waals surface area contributed by atoms with E-state index < -0.39 is 22.1 Å². The van der Waals surface area contributed by atoms with E-state index in [9.17, 15) is 13.2 Å². The number of ether oxygens (including phenoxy) is 1. The number of esters is 1. The Bertz CT molecular complexity index is 274. The first-order valence-electron chi connectivity index (χ1n) is 3.61. The predicted octanol–water partition coefficient (Wildman–Crippen LogP) is -1.07. The minimum Gasteiger partial charge on any atom is -0.469 e. The molecule has 0 bridgehead atoms. The molecule has 1 atom stereocenters. The fraction of sp³-hybridized carbons (Fsp3) is 0.833. The quantitative estimate of drug-likeness (QED) is 0.598. The van der Waals surface area contributed by atoms with Crippen molar-refractivity contribution < 1.29 is 17.9 Å². The molecule has 1 unspecified atom stereocenters. The highest BCUT2D eigenvalue weighted by Crippen LogP contribution is 2.02. The third kappa shape index (κ3) is 4.20. The van der Waals surface area contributed by atoms with Gasteiger partial charge in [0.1, 0.15) is 0 Å². The second-order valence-electron chi connectivity index (χ2n) is 2.75. The molecule has 0 saturated carbocycles. The molecule has 78 valence electrons. The first-order chi connectivity index (χ1) is 5.79. The van der Waals surface area contributed by atoms with E-state index >= 15 is 0 Å². The topological polar surface area (TPSA) is 89.7 Å². The number of nitrogens with zero attached hydrogens (tertiary/aromatic N) is 1. The lowest BCUT2D eigenvalue weighted by molar-refractivity contribution is -0.144. The maximum Gasteiger partial charge on any atom is 0.309 e. The summed E-state index contributed by atoms with van der Waals surface area (Å²) >= 11 is 0. The van der Waals surface area contributed by atoms with Crippen LogP contribution in [-0.2, 0) is 19.7 Å². The van der Waals surface area contributed by atoms with Crippen LogP contribution in [0.25, 0.3) is 0 Å². The molecule has 0 saturated heterocycles. The molecule has 0 aliphatic rings. The number of rotatable bonds is 4. The van der Waals surface area contributed by atoms with Gasteiger partial charge in [0.15, 0.2) is 0 Å².